The summed E-state index contributed by atoms with van der Waals surface area (Å²) < 4.78 is 0. The summed E-state index contributed by atoms with van der Waals surface area (Å²) in [5.74, 6) is 0. The molecule has 3 nitrogen and oxygen atoms in total. The van der Waals surface area contributed by atoms with Crippen molar-refractivity contribution in [2.24, 2.45) is 0 Å². The minimum Gasteiger partial charge on any atom is -0.334 e. The molecule has 0 saturated heterocycles. The topological polar surface area (TPSA) is 32.3 Å². The second-order valence-electron chi connectivity index (χ2n) is 4.88. The zero-order chi connectivity index (χ0) is 13.7. The molecule has 0 aliphatic rings. The molecule has 1 rings (SSSR count). The van der Waals surface area contributed by atoms with E-state index in [4.69, 9.17) is 11.6 Å². The van der Waals surface area contributed by atoms with Gasteiger partial charge in [-0.1, -0.05) is 23.7 Å². The number of urea groups is 1. The number of carbonyl (C=O) groups is 1. The normalized spacial score (nSPS) is 10.8. The molecule has 18 heavy (non-hydrogen) atoms. The number of nitrogens with one attached hydrogen (secondary N) is 1. The van der Waals surface area contributed by atoms with Crippen molar-refractivity contribution in [2.75, 3.05) is 0 Å². The zero-order valence-electron chi connectivity index (χ0n) is 11.4. The molecule has 0 bridgehead atoms. The second-order valence-corrected chi connectivity index (χ2v) is 5.32. The fourth-order valence-electron chi connectivity index (χ4n) is 1.94. The lowest BCUT2D eigenvalue weighted by atomic mass is 10.2. The molecular formula is C14H21ClN2O. The molecular weight excluding hydrogens is 248 g/mol. The van der Waals surface area contributed by atoms with Crippen LogP contribution in [0.3, 0.4) is 0 Å². The van der Waals surface area contributed by atoms with Gasteiger partial charge in [0.1, 0.15) is 0 Å². The standard InChI is InChI=1S/C14H21ClN2O/c1-10(2)17(11(3)4)14(18)16-9-12-5-7-13(15)8-6-12/h5-8,10-11H,9H2,1-4H3,(H,16,18). The first kappa shape index (κ1) is 14.8. The number of hydrogen-bond donors (Lipinski definition) is 1. The van der Waals surface area contributed by atoms with E-state index in [1.54, 1.807) is 0 Å². The van der Waals surface area contributed by atoms with Gasteiger partial charge >= 0.3 is 6.03 Å². The van der Waals surface area contributed by atoms with Crippen molar-refractivity contribution in [2.45, 2.75) is 46.3 Å². The molecule has 0 fully saturated rings. The van der Waals surface area contributed by atoms with Gasteiger partial charge in [0.25, 0.3) is 0 Å². The van der Waals surface area contributed by atoms with E-state index >= 15 is 0 Å². The minimum absolute atomic E-state index is 0.0325. The van der Waals surface area contributed by atoms with Gasteiger partial charge in [0.05, 0.1) is 0 Å². The molecule has 0 saturated carbocycles. The fraction of sp³-hybridized carbons (Fsp3) is 0.500. The quantitative estimate of drug-likeness (QED) is 0.888. The van der Waals surface area contributed by atoms with Gasteiger partial charge in [0.2, 0.25) is 0 Å². The van der Waals surface area contributed by atoms with Gasteiger partial charge in [-0.15, -0.1) is 0 Å². The number of rotatable bonds is 4. The molecule has 1 N–H and O–H groups in total. The Morgan fingerprint density at radius 2 is 1.67 bits per heavy atom. The first-order chi connectivity index (χ1) is 8.41. The summed E-state index contributed by atoms with van der Waals surface area (Å²) in [7, 11) is 0. The first-order valence-corrected chi connectivity index (χ1v) is 6.60. The van der Waals surface area contributed by atoms with Gasteiger partial charge in [-0.25, -0.2) is 4.79 Å². The van der Waals surface area contributed by atoms with Gasteiger partial charge in [0, 0.05) is 23.7 Å². The summed E-state index contributed by atoms with van der Waals surface area (Å²) in [6.07, 6.45) is 0. The number of hydrogen-bond acceptors (Lipinski definition) is 1. The van der Waals surface area contributed by atoms with E-state index in [0.29, 0.717) is 11.6 Å². The number of benzene rings is 1. The van der Waals surface area contributed by atoms with E-state index in [2.05, 4.69) is 5.32 Å². The molecule has 0 radical (unpaired) electrons. The summed E-state index contributed by atoms with van der Waals surface area (Å²) in [4.78, 5) is 13.9. The Labute approximate surface area is 114 Å². The third-order valence-corrected chi connectivity index (χ3v) is 2.96. The van der Waals surface area contributed by atoms with Crippen LogP contribution in [0.1, 0.15) is 33.3 Å². The Morgan fingerprint density at radius 1 is 1.17 bits per heavy atom. The van der Waals surface area contributed by atoms with Crippen LogP contribution in [0.4, 0.5) is 4.79 Å². The molecule has 0 heterocycles. The highest BCUT2D eigenvalue weighted by Gasteiger charge is 2.19. The highest BCUT2D eigenvalue weighted by atomic mass is 35.5. The van der Waals surface area contributed by atoms with Crippen molar-refractivity contribution >= 4 is 17.6 Å². The van der Waals surface area contributed by atoms with Crippen molar-refractivity contribution in [3.63, 3.8) is 0 Å². The summed E-state index contributed by atoms with van der Waals surface area (Å²) in [5.41, 5.74) is 1.04. The maximum Gasteiger partial charge on any atom is 0.318 e. The van der Waals surface area contributed by atoms with Gasteiger partial charge in [-0.05, 0) is 45.4 Å². The lowest BCUT2D eigenvalue weighted by Crippen LogP contribution is -2.47. The van der Waals surface area contributed by atoms with E-state index in [-0.39, 0.29) is 18.1 Å². The summed E-state index contributed by atoms with van der Waals surface area (Å²) in [6, 6.07) is 7.83. The Kier molecular flexibility index (Phi) is 5.48. The molecule has 100 valence electrons. The lowest BCUT2D eigenvalue weighted by Gasteiger charge is -2.30. The molecule has 2 amide bonds. The molecule has 1 aromatic rings. The average molecular weight is 269 g/mol. The Bertz CT molecular complexity index is 379. The van der Waals surface area contributed by atoms with Crippen LogP contribution in [0.15, 0.2) is 24.3 Å². The van der Waals surface area contributed by atoms with Crippen molar-refractivity contribution in [3.05, 3.63) is 34.9 Å². The van der Waals surface area contributed by atoms with Gasteiger partial charge in [0.15, 0.2) is 0 Å². The third kappa shape index (κ3) is 4.22. The molecule has 1 aromatic carbocycles. The van der Waals surface area contributed by atoms with Crippen LogP contribution in [-0.4, -0.2) is 23.0 Å². The summed E-state index contributed by atoms with van der Waals surface area (Å²) in [5, 5.41) is 3.63. The number of carbonyl (C=O) groups excluding carboxylic acids is 1. The van der Waals surface area contributed by atoms with Crippen LogP contribution in [0.2, 0.25) is 5.02 Å². The Balaban J connectivity index is 2.57. The molecule has 0 spiro atoms. The zero-order valence-corrected chi connectivity index (χ0v) is 12.2. The van der Waals surface area contributed by atoms with E-state index in [0.717, 1.165) is 5.56 Å². The molecule has 0 unspecified atom stereocenters. The molecule has 0 aromatic heterocycles. The monoisotopic (exact) mass is 268 g/mol. The summed E-state index contributed by atoms with van der Waals surface area (Å²) >= 11 is 5.81. The SMILES string of the molecule is CC(C)N(C(=O)NCc1ccc(Cl)cc1)C(C)C. The number of nitrogens with zero attached hydrogens (tertiary/aromatic N) is 1. The minimum atomic E-state index is -0.0325. The molecule has 4 heteroatoms. The smallest absolute Gasteiger partial charge is 0.318 e. The maximum absolute atomic E-state index is 12.1. The van der Waals surface area contributed by atoms with Crippen LogP contribution in [-0.2, 0) is 6.54 Å². The lowest BCUT2D eigenvalue weighted by molar-refractivity contribution is 0.164. The van der Waals surface area contributed by atoms with E-state index in [1.807, 2.05) is 56.9 Å². The van der Waals surface area contributed by atoms with E-state index < -0.39 is 0 Å². The predicted molar refractivity (Wildman–Crippen MR) is 75.8 cm³/mol. The molecule has 0 atom stereocenters. The van der Waals surface area contributed by atoms with E-state index in [1.165, 1.54) is 0 Å². The van der Waals surface area contributed by atoms with Crippen molar-refractivity contribution < 1.29 is 4.79 Å². The number of amides is 2. The number of halogens is 1. The van der Waals surface area contributed by atoms with Crippen molar-refractivity contribution in [1.82, 2.24) is 10.2 Å². The van der Waals surface area contributed by atoms with Crippen LogP contribution in [0, 0.1) is 0 Å². The average Bonchev–Trinajstić information content (AvgIpc) is 2.27. The maximum atomic E-state index is 12.1. The highest BCUT2D eigenvalue weighted by molar-refractivity contribution is 6.30. The van der Waals surface area contributed by atoms with E-state index in [9.17, 15) is 4.79 Å². The van der Waals surface area contributed by atoms with Crippen LogP contribution in [0.5, 0.6) is 0 Å². The fourth-order valence-corrected chi connectivity index (χ4v) is 2.06. The van der Waals surface area contributed by atoms with Gasteiger partial charge in [-0.3, -0.25) is 0 Å². The largest absolute Gasteiger partial charge is 0.334 e. The van der Waals surface area contributed by atoms with Crippen LogP contribution >= 0.6 is 11.6 Å². The second kappa shape index (κ2) is 6.64. The first-order valence-electron chi connectivity index (χ1n) is 6.22. The van der Waals surface area contributed by atoms with Gasteiger partial charge in [-0.2, -0.15) is 0 Å². The third-order valence-electron chi connectivity index (χ3n) is 2.70. The van der Waals surface area contributed by atoms with Crippen LogP contribution in [0.25, 0.3) is 0 Å². The Morgan fingerprint density at radius 3 is 2.11 bits per heavy atom. The van der Waals surface area contributed by atoms with Gasteiger partial charge < -0.3 is 10.2 Å². The molecule has 0 aliphatic carbocycles. The van der Waals surface area contributed by atoms with Crippen LogP contribution < -0.4 is 5.32 Å². The van der Waals surface area contributed by atoms with Crippen molar-refractivity contribution in [1.29, 1.82) is 0 Å². The molecule has 0 aliphatic heterocycles. The predicted octanol–water partition coefficient (Wildman–Crippen LogP) is 3.67. The highest BCUT2D eigenvalue weighted by Crippen LogP contribution is 2.10. The Hall–Kier alpha value is -1.22. The summed E-state index contributed by atoms with van der Waals surface area (Å²) in [6.45, 7) is 8.58. The van der Waals surface area contributed by atoms with Crippen molar-refractivity contribution in [3.8, 4) is 0 Å².